The molecule has 4 nitrogen and oxygen atoms in total. The average molecular weight is 301 g/mol. The molecule has 0 aliphatic rings. The lowest BCUT2D eigenvalue weighted by Crippen LogP contribution is -2.34. The van der Waals surface area contributed by atoms with Crippen LogP contribution in [0.5, 0.6) is 11.5 Å². The van der Waals surface area contributed by atoms with Crippen molar-refractivity contribution < 1.29 is 9.13 Å². The van der Waals surface area contributed by atoms with Gasteiger partial charge in [-0.2, -0.15) is 0 Å². The summed E-state index contributed by atoms with van der Waals surface area (Å²) < 4.78 is 18.7. The van der Waals surface area contributed by atoms with E-state index in [-0.39, 0.29) is 5.82 Å². The Balaban J connectivity index is 2.04. The van der Waals surface area contributed by atoms with Crippen LogP contribution in [-0.2, 0) is 6.54 Å². The van der Waals surface area contributed by atoms with Gasteiger partial charge in [-0.25, -0.2) is 4.39 Å². The van der Waals surface area contributed by atoms with Gasteiger partial charge in [0.25, 0.3) is 0 Å². The molecule has 2 aromatic carbocycles. The van der Waals surface area contributed by atoms with E-state index in [2.05, 4.69) is 21.7 Å². The highest BCUT2D eigenvalue weighted by molar-refractivity contribution is 5.79. The molecule has 0 fully saturated rings. The lowest BCUT2D eigenvalue weighted by Gasteiger charge is -2.12. The van der Waals surface area contributed by atoms with Crippen LogP contribution in [0.1, 0.15) is 11.1 Å². The second-order valence-corrected chi connectivity index (χ2v) is 4.83. The molecule has 5 heteroatoms. The van der Waals surface area contributed by atoms with Crippen LogP contribution in [0.3, 0.4) is 0 Å². The molecule has 22 heavy (non-hydrogen) atoms. The van der Waals surface area contributed by atoms with Crippen LogP contribution in [-0.4, -0.2) is 20.1 Å². The van der Waals surface area contributed by atoms with E-state index in [1.165, 1.54) is 12.1 Å². The number of rotatable bonds is 4. The van der Waals surface area contributed by atoms with Crippen molar-refractivity contribution in [2.75, 3.05) is 14.1 Å². The van der Waals surface area contributed by atoms with Gasteiger partial charge in [-0.05, 0) is 48.4 Å². The van der Waals surface area contributed by atoms with E-state index in [0.717, 1.165) is 22.8 Å². The summed E-state index contributed by atoms with van der Waals surface area (Å²) in [6.07, 6.45) is 0. The third kappa shape index (κ3) is 4.22. The Hall–Kier alpha value is -2.56. The normalized spacial score (nSPS) is 11.2. The predicted octanol–water partition coefficient (Wildman–Crippen LogP) is 3.22. The molecule has 0 spiro atoms. The first kappa shape index (κ1) is 15.8. The van der Waals surface area contributed by atoms with Crippen molar-refractivity contribution >= 4 is 5.96 Å². The molecule has 0 aromatic heterocycles. The standard InChI is InChI=1S/C17H20FN3O/c1-12-10-13(11-21-17(19-2)20-3)4-9-16(12)22-15-7-5-14(18)6-8-15/h4-10H,11H2,1-3H3,(H2,19,20,21). The molecular weight excluding hydrogens is 281 g/mol. The number of hydrogen-bond acceptors (Lipinski definition) is 2. The quantitative estimate of drug-likeness (QED) is 0.673. The average Bonchev–Trinajstić information content (AvgIpc) is 2.53. The van der Waals surface area contributed by atoms with Gasteiger partial charge >= 0.3 is 0 Å². The fraction of sp³-hybridized carbons (Fsp3) is 0.235. The van der Waals surface area contributed by atoms with Gasteiger partial charge in [0.2, 0.25) is 0 Å². The lowest BCUT2D eigenvalue weighted by molar-refractivity contribution is 0.476. The molecule has 2 rings (SSSR count). The van der Waals surface area contributed by atoms with E-state index >= 15 is 0 Å². The minimum absolute atomic E-state index is 0.275. The summed E-state index contributed by atoms with van der Waals surface area (Å²) in [6, 6.07) is 11.9. The Morgan fingerprint density at radius 2 is 1.91 bits per heavy atom. The van der Waals surface area contributed by atoms with Gasteiger partial charge in [0.05, 0.1) is 0 Å². The molecule has 116 valence electrons. The van der Waals surface area contributed by atoms with Crippen LogP contribution in [0, 0.1) is 12.7 Å². The summed E-state index contributed by atoms with van der Waals surface area (Å²) in [5.41, 5.74) is 2.14. The second-order valence-electron chi connectivity index (χ2n) is 4.83. The van der Waals surface area contributed by atoms with E-state index in [0.29, 0.717) is 12.3 Å². The van der Waals surface area contributed by atoms with E-state index in [1.54, 1.807) is 19.2 Å². The predicted molar refractivity (Wildman–Crippen MR) is 86.9 cm³/mol. The van der Waals surface area contributed by atoms with Gasteiger partial charge in [0.1, 0.15) is 17.3 Å². The van der Waals surface area contributed by atoms with Crippen LogP contribution >= 0.6 is 0 Å². The zero-order valence-electron chi connectivity index (χ0n) is 13.0. The van der Waals surface area contributed by atoms with Gasteiger partial charge in [0.15, 0.2) is 5.96 Å². The van der Waals surface area contributed by atoms with Crippen molar-refractivity contribution in [1.82, 2.24) is 10.6 Å². The van der Waals surface area contributed by atoms with Crippen molar-refractivity contribution in [2.45, 2.75) is 13.5 Å². The first-order chi connectivity index (χ1) is 10.6. The largest absolute Gasteiger partial charge is 0.457 e. The number of nitrogens with zero attached hydrogens (tertiary/aromatic N) is 1. The number of benzene rings is 2. The summed E-state index contributed by atoms with van der Waals surface area (Å²) in [4.78, 5) is 4.06. The number of aryl methyl sites for hydroxylation is 1. The fourth-order valence-electron chi connectivity index (χ4n) is 2.03. The molecule has 0 aliphatic heterocycles. The first-order valence-electron chi connectivity index (χ1n) is 7.03. The monoisotopic (exact) mass is 301 g/mol. The number of hydrogen-bond donors (Lipinski definition) is 2. The maximum absolute atomic E-state index is 12.9. The lowest BCUT2D eigenvalue weighted by atomic mass is 10.1. The molecular formula is C17H20FN3O. The van der Waals surface area contributed by atoms with Crippen LogP contribution in [0.2, 0.25) is 0 Å². The fourth-order valence-corrected chi connectivity index (χ4v) is 2.03. The highest BCUT2D eigenvalue weighted by Crippen LogP contribution is 2.25. The third-order valence-corrected chi connectivity index (χ3v) is 3.20. The van der Waals surface area contributed by atoms with Gasteiger partial charge in [-0.3, -0.25) is 4.99 Å². The molecule has 0 aliphatic carbocycles. The van der Waals surface area contributed by atoms with Crippen molar-refractivity contribution in [3.8, 4) is 11.5 Å². The van der Waals surface area contributed by atoms with E-state index in [9.17, 15) is 4.39 Å². The molecule has 0 heterocycles. The van der Waals surface area contributed by atoms with Crippen molar-refractivity contribution in [3.63, 3.8) is 0 Å². The molecule has 0 amide bonds. The summed E-state index contributed by atoms with van der Waals surface area (Å²) >= 11 is 0. The van der Waals surface area contributed by atoms with E-state index < -0.39 is 0 Å². The molecule has 2 N–H and O–H groups in total. The minimum Gasteiger partial charge on any atom is -0.457 e. The number of aliphatic imine (C=N–C) groups is 1. The number of halogens is 1. The third-order valence-electron chi connectivity index (χ3n) is 3.20. The maximum atomic E-state index is 12.9. The Morgan fingerprint density at radius 1 is 1.18 bits per heavy atom. The van der Waals surface area contributed by atoms with Gasteiger partial charge in [-0.15, -0.1) is 0 Å². The van der Waals surface area contributed by atoms with E-state index in [1.807, 2.05) is 26.1 Å². The highest BCUT2D eigenvalue weighted by Gasteiger charge is 2.04. The second kappa shape index (κ2) is 7.45. The number of ether oxygens (including phenoxy) is 1. The van der Waals surface area contributed by atoms with Gasteiger partial charge < -0.3 is 15.4 Å². The van der Waals surface area contributed by atoms with Crippen molar-refractivity contribution in [1.29, 1.82) is 0 Å². The SMILES string of the molecule is CN=C(NC)NCc1ccc(Oc2ccc(F)cc2)c(C)c1. The molecule has 0 unspecified atom stereocenters. The van der Waals surface area contributed by atoms with Crippen LogP contribution in [0.15, 0.2) is 47.5 Å². The van der Waals surface area contributed by atoms with Crippen molar-refractivity contribution in [2.24, 2.45) is 4.99 Å². The molecule has 2 aromatic rings. The summed E-state index contributed by atoms with van der Waals surface area (Å²) in [5.74, 6) is 1.84. The topological polar surface area (TPSA) is 45.7 Å². The Labute approximate surface area is 130 Å². The molecule has 0 saturated carbocycles. The smallest absolute Gasteiger partial charge is 0.190 e. The molecule has 0 saturated heterocycles. The van der Waals surface area contributed by atoms with E-state index in [4.69, 9.17) is 4.74 Å². The molecule has 0 radical (unpaired) electrons. The summed E-state index contributed by atoms with van der Waals surface area (Å²) in [6.45, 7) is 2.65. The highest BCUT2D eigenvalue weighted by atomic mass is 19.1. The zero-order valence-corrected chi connectivity index (χ0v) is 13.0. The Morgan fingerprint density at radius 3 is 2.50 bits per heavy atom. The van der Waals surface area contributed by atoms with Crippen LogP contribution < -0.4 is 15.4 Å². The minimum atomic E-state index is -0.275. The molecule has 0 atom stereocenters. The number of nitrogens with one attached hydrogen (secondary N) is 2. The maximum Gasteiger partial charge on any atom is 0.190 e. The van der Waals surface area contributed by atoms with Crippen LogP contribution in [0.4, 0.5) is 4.39 Å². The summed E-state index contributed by atoms with van der Waals surface area (Å²) in [7, 11) is 3.55. The first-order valence-corrected chi connectivity index (χ1v) is 7.03. The van der Waals surface area contributed by atoms with Crippen molar-refractivity contribution in [3.05, 3.63) is 59.4 Å². The zero-order chi connectivity index (χ0) is 15.9. The Bertz CT molecular complexity index is 653. The molecule has 0 bridgehead atoms. The number of guanidine groups is 1. The van der Waals surface area contributed by atoms with Gasteiger partial charge in [-0.1, -0.05) is 12.1 Å². The van der Waals surface area contributed by atoms with Crippen LogP contribution in [0.25, 0.3) is 0 Å². The van der Waals surface area contributed by atoms with Gasteiger partial charge in [0, 0.05) is 20.6 Å². The summed E-state index contributed by atoms with van der Waals surface area (Å²) in [5, 5.41) is 6.16. The Kier molecular flexibility index (Phi) is 5.36.